The topological polar surface area (TPSA) is 97.4 Å². The molecule has 0 bridgehead atoms. The molecule has 0 radical (unpaired) electrons. The molecule has 4 aromatic rings. The monoisotopic (exact) mass is 466 g/mol. The molecule has 1 amide bonds. The van der Waals surface area contributed by atoms with Crippen LogP contribution < -0.4 is 21.2 Å². The molecule has 176 valence electrons. The van der Waals surface area contributed by atoms with E-state index in [0.717, 1.165) is 59.5 Å². The number of amides is 1. The molecule has 2 aliphatic rings. The molecular formula is C27H26N6O2. The van der Waals surface area contributed by atoms with Gasteiger partial charge < -0.3 is 10.6 Å². The number of para-hydroxylation sites is 1. The molecule has 5 heterocycles. The van der Waals surface area contributed by atoms with Gasteiger partial charge in [-0.15, -0.1) is 0 Å². The molecule has 1 aromatic carbocycles. The van der Waals surface area contributed by atoms with Gasteiger partial charge in [0.05, 0.1) is 22.7 Å². The van der Waals surface area contributed by atoms with Gasteiger partial charge in [-0.1, -0.05) is 18.2 Å². The van der Waals surface area contributed by atoms with Crippen LogP contribution in [0.1, 0.15) is 17.5 Å². The second kappa shape index (κ2) is 8.23. The maximum Gasteiger partial charge on any atom is 0.277 e. The summed E-state index contributed by atoms with van der Waals surface area (Å²) in [4.78, 5) is 36.5. The van der Waals surface area contributed by atoms with Gasteiger partial charge in [0.1, 0.15) is 5.82 Å². The quantitative estimate of drug-likeness (QED) is 0.497. The number of hydrogen-bond donors (Lipinski definition) is 1. The molecule has 2 aliphatic heterocycles. The van der Waals surface area contributed by atoms with Crippen molar-refractivity contribution in [1.82, 2.24) is 14.6 Å². The van der Waals surface area contributed by atoms with E-state index in [-0.39, 0.29) is 17.4 Å². The average Bonchev–Trinajstić information content (AvgIpc) is 3.52. The first kappa shape index (κ1) is 21.3. The van der Waals surface area contributed by atoms with E-state index in [2.05, 4.69) is 27.0 Å². The Hall–Kier alpha value is -4.20. The van der Waals surface area contributed by atoms with Crippen LogP contribution >= 0.6 is 0 Å². The summed E-state index contributed by atoms with van der Waals surface area (Å²) < 4.78 is 1.71. The van der Waals surface area contributed by atoms with Crippen molar-refractivity contribution in [2.45, 2.75) is 19.8 Å². The highest BCUT2D eigenvalue weighted by Crippen LogP contribution is 2.30. The number of carbonyl (C=O) groups is 1. The van der Waals surface area contributed by atoms with Crippen LogP contribution in [-0.2, 0) is 11.2 Å². The Balaban J connectivity index is 1.36. The molecule has 2 N–H and O–H groups in total. The fourth-order valence-electron chi connectivity index (χ4n) is 5.22. The van der Waals surface area contributed by atoms with Crippen molar-refractivity contribution in [3.8, 4) is 11.1 Å². The number of rotatable bonds is 4. The largest absolute Gasteiger partial charge is 0.369 e. The fraction of sp³-hybridized carbons (Fsp3) is 0.259. The van der Waals surface area contributed by atoms with Crippen molar-refractivity contribution < 1.29 is 4.79 Å². The van der Waals surface area contributed by atoms with E-state index in [0.29, 0.717) is 12.1 Å². The van der Waals surface area contributed by atoms with E-state index in [1.165, 1.54) is 5.56 Å². The smallest absolute Gasteiger partial charge is 0.277 e. The number of nitrogens with zero attached hydrogens (tertiary/aromatic N) is 5. The van der Waals surface area contributed by atoms with Crippen molar-refractivity contribution in [2.75, 3.05) is 29.5 Å². The van der Waals surface area contributed by atoms with Crippen molar-refractivity contribution in [3.05, 3.63) is 82.5 Å². The fourth-order valence-corrected chi connectivity index (χ4v) is 5.22. The highest BCUT2D eigenvalue weighted by Gasteiger charge is 2.27. The van der Waals surface area contributed by atoms with Crippen LogP contribution in [0.25, 0.3) is 22.0 Å². The van der Waals surface area contributed by atoms with Crippen molar-refractivity contribution in [1.29, 1.82) is 0 Å². The van der Waals surface area contributed by atoms with Crippen LogP contribution in [0.5, 0.6) is 0 Å². The maximum absolute atomic E-state index is 13.7. The minimum Gasteiger partial charge on any atom is -0.369 e. The molecule has 1 fully saturated rings. The Bertz CT molecular complexity index is 1530. The van der Waals surface area contributed by atoms with Crippen LogP contribution in [0.4, 0.5) is 11.5 Å². The van der Waals surface area contributed by atoms with Crippen molar-refractivity contribution >= 4 is 28.3 Å². The third kappa shape index (κ3) is 3.62. The van der Waals surface area contributed by atoms with Gasteiger partial charge in [-0.05, 0) is 49.1 Å². The zero-order valence-electron chi connectivity index (χ0n) is 19.5. The summed E-state index contributed by atoms with van der Waals surface area (Å²) in [5.74, 6) is 0.374. The summed E-state index contributed by atoms with van der Waals surface area (Å²) in [5.41, 5.74) is 10.8. The highest BCUT2D eigenvalue weighted by atomic mass is 16.1. The maximum atomic E-state index is 13.7. The standard InChI is InChI=1S/C27H26N6O2/c1-17-6-10-33(32-11-8-18-4-2-3-5-23(18)32)27(35)25(17)21-12-20-14-30-24(13-22(20)29-15-21)31-9-7-19(16-31)26(28)34/h2-6,10,12-15,19H,7-9,11,16H2,1H3,(H2,28,34)/t19-/m0/s1. The number of pyridine rings is 3. The molecule has 1 atom stereocenters. The number of fused-ring (bicyclic) bond motifs is 2. The molecule has 3 aromatic heterocycles. The summed E-state index contributed by atoms with van der Waals surface area (Å²) in [6, 6.07) is 14.1. The molecule has 1 saturated heterocycles. The van der Waals surface area contributed by atoms with Gasteiger partial charge in [0.25, 0.3) is 5.56 Å². The normalized spacial score (nSPS) is 17.2. The Morgan fingerprint density at radius 3 is 2.77 bits per heavy atom. The number of anilines is 2. The summed E-state index contributed by atoms with van der Waals surface area (Å²) in [5, 5.41) is 2.90. The summed E-state index contributed by atoms with van der Waals surface area (Å²) in [6.45, 7) is 4.03. The number of aromatic nitrogens is 3. The SMILES string of the molecule is Cc1ccn(N2CCc3ccccc32)c(=O)c1-c1cnc2cc(N3CC[C@H](C(N)=O)C3)ncc2c1. The Morgan fingerprint density at radius 1 is 1.09 bits per heavy atom. The first-order chi connectivity index (χ1) is 17.0. The molecule has 8 heteroatoms. The number of carbonyl (C=O) groups excluding carboxylic acids is 1. The number of hydrogen-bond acceptors (Lipinski definition) is 6. The van der Waals surface area contributed by atoms with E-state index in [1.807, 2.05) is 48.5 Å². The lowest BCUT2D eigenvalue weighted by Crippen LogP contribution is -2.37. The lowest BCUT2D eigenvalue weighted by Gasteiger charge is -2.23. The molecule has 35 heavy (non-hydrogen) atoms. The average molecular weight is 467 g/mol. The van der Waals surface area contributed by atoms with E-state index >= 15 is 0 Å². The second-order valence-electron chi connectivity index (χ2n) is 9.32. The molecule has 6 rings (SSSR count). The summed E-state index contributed by atoms with van der Waals surface area (Å²) >= 11 is 0. The molecule has 0 unspecified atom stereocenters. The summed E-state index contributed by atoms with van der Waals surface area (Å²) in [6.07, 6.45) is 7.04. The first-order valence-electron chi connectivity index (χ1n) is 11.9. The van der Waals surface area contributed by atoms with Crippen molar-refractivity contribution in [3.63, 3.8) is 0 Å². The van der Waals surface area contributed by atoms with E-state index < -0.39 is 0 Å². The Morgan fingerprint density at radius 2 is 1.94 bits per heavy atom. The minimum absolute atomic E-state index is 0.0676. The molecule has 0 saturated carbocycles. The third-order valence-corrected chi connectivity index (χ3v) is 7.16. The molecule has 0 aliphatic carbocycles. The molecular weight excluding hydrogens is 440 g/mol. The van der Waals surface area contributed by atoms with Crippen LogP contribution in [-0.4, -0.2) is 40.2 Å². The highest BCUT2D eigenvalue weighted by molar-refractivity contribution is 5.85. The predicted octanol–water partition coefficient (Wildman–Crippen LogP) is 2.90. The molecule has 8 nitrogen and oxygen atoms in total. The Labute approximate surface area is 202 Å². The number of benzene rings is 1. The van der Waals surface area contributed by atoms with Crippen LogP contribution in [0.15, 0.2) is 65.8 Å². The van der Waals surface area contributed by atoms with Crippen LogP contribution in [0.3, 0.4) is 0 Å². The number of primary amides is 1. The van der Waals surface area contributed by atoms with Gasteiger partial charge in [0.15, 0.2) is 0 Å². The lowest BCUT2D eigenvalue weighted by atomic mass is 10.0. The van der Waals surface area contributed by atoms with E-state index in [4.69, 9.17) is 5.73 Å². The number of nitrogens with two attached hydrogens (primary N) is 1. The van der Waals surface area contributed by atoms with E-state index in [1.54, 1.807) is 17.1 Å². The third-order valence-electron chi connectivity index (χ3n) is 7.16. The van der Waals surface area contributed by atoms with Crippen molar-refractivity contribution in [2.24, 2.45) is 11.7 Å². The van der Waals surface area contributed by atoms with Gasteiger partial charge in [-0.3, -0.25) is 19.6 Å². The zero-order chi connectivity index (χ0) is 24.1. The van der Waals surface area contributed by atoms with Gasteiger partial charge in [-0.2, -0.15) is 0 Å². The lowest BCUT2D eigenvalue weighted by molar-refractivity contribution is -0.121. The van der Waals surface area contributed by atoms with Gasteiger partial charge in [0, 0.05) is 55.2 Å². The summed E-state index contributed by atoms with van der Waals surface area (Å²) in [7, 11) is 0. The van der Waals surface area contributed by atoms with Gasteiger partial charge in [0.2, 0.25) is 5.91 Å². The van der Waals surface area contributed by atoms with Crippen LogP contribution in [0.2, 0.25) is 0 Å². The predicted molar refractivity (Wildman–Crippen MR) is 136 cm³/mol. The van der Waals surface area contributed by atoms with E-state index in [9.17, 15) is 9.59 Å². The minimum atomic E-state index is -0.266. The van der Waals surface area contributed by atoms with Gasteiger partial charge in [-0.25, -0.2) is 9.66 Å². The Kier molecular flexibility index (Phi) is 5.02. The molecule has 0 spiro atoms. The zero-order valence-corrected chi connectivity index (χ0v) is 19.5. The first-order valence-corrected chi connectivity index (χ1v) is 11.9. The van der Waals surface area contributed by atoms with Gasteiger partial charge >= 0.3 is 0 Å². The van der Waals surface area contributed by atoms with Crippen LogP contribution in [0, 0.1) is 12.8 Å². The number of aryl methyl sites for hydroxylation is 1. The second-order valence-corrected chi connectivity index (χ2v) is 9.32.